The lowest BCUT2D eigenvalue weighted by Crippen LogP contribution is -2.11. The molecule has 0 aromatic heterocycles. The van der Waals surface area contributed by atoms with E-state index in [1.807, 2.05) is 0 Å². The predicted octanol–water partition coefficient (Wildman–Crippen LogP) is 2.57. The summed E-state index contributed by atoms with van der Waals surface area (Å²) in [6.07, 6.45) is -0.0350. The molecule has 5 nitrogen and oxygen atoms in total. The van der Waals surface area contributed by atoms with Crippen molar-refractivity contribution in [1.82, 2.24) is 0 Å². The van der Waals surface area contributed by atoms with Gasteiger partial charge in [-0.2, -0.15) is 0 Å². The summed E-state index contributed by atoms with van der Waals surface area (Å²) >= 11 is 0. The Morgan fingerprint density at radius 1 is 1.05 bits per heavy atom. The molecule has 2 rings (SSSR count). The van der Waals surface area contributed by atoms with Gasteiger partial charge in [-0.3, -0.25) is 9.59 Å². The fraction of sp³-hybridized carbons (Fsp3) is 0.125. The fourth-order valence-corrected chi connectivity index (χ4v) is 1.83. The summed E-state index contributed by atoms with van der Waals surface area (Å²) in [5, 5.41) is 11.4. The number of benzene rings is 2. The molecule has 0 aliphatic carbocycles. The molecule has 0 bridgehead atoms. The van der Waals surface area contributed by atoms with Gasteiger partial charge in [-0.15, -0.1) is 0 Å². The second-order valence-electron chi connectivity index (χ2n) is 4.45. The molecule has 0 saturated heterocycles. The van der Waals surface area contributed by atoms with Crippen LogP contribution in [0, 0.1) is 0 Å². The van der Waals surface area contributed by atoms with Crippen molar-refractivity contribution in [3.63, 3.8) is 0 Å². The number of carboxylic acid groups (broad SMARTS) is 1. The molecule has 21 heavy (non-hydrogen) atoms. The van der Waals surface area contributed by atoms with E-state index in [0.717, 1.165) is 0 Å². The largest absolute Gasteiger partial charge is 0.497 e. The minimum absolute atomic E-state index is 0.0350. The molecule has 2 N–H and O–H groups in total. The van der Waals surface area contributed by atoms with Gasteiger partial charge in [0.05, 0.1) is 13.5 Å². The lowest BCUT2D eigenvalue weighted by molar-refractivity contribution is -0.136. The maximum Gasteiger partial charge on any atom is 0.307 e. The van der Waals surface area contributed by atoms with Crippen molar-refractivity contribution in [3.8, 4) is 5.75 Å². The Hall–Kier alpha value is -2.82. The third-order valence-corrected chi connectivity index (χ3v) is 2.92. The van der Waals surface area contributed by atoms with E-state index >= 15 is 0 Å². The molecular formula is C16H15NO4. The van der Waals surface area contributed by atoms with Crippen molar-refractivity contribution in [3.05, 3.63) is 59.7 Å². The van der Waals surface area contributed by atoms with Crippen molar-refractivity contribution in [2.24, 2.45) is 0 Å². The van der Waals surface area contributed by atoms with Crippen LogP contribution < -0.4 is 10.1 Å². The molecule has 0 spiro atoms. The number of methoxy groups -OCH3 is 1. The second kappa shape index (κ2) is 6.56. The summed E-state index contributed by atoms with van der Waals surface area (Å²) in [6.45, 7) is 0. The van der Waals surface area contributed by atoms with Gasteiger partial charge in [-0.05, 0) is 42.0 Å². The maximum absolute atomic E-state index is 12.0. The summed E-state index contributed by atoms with van der Waals surface area (Å²) in [4.78, 5) is 22.6. The number of hydrogen-bond acceptors (Lipinski definition) is 3. The Bertz CT molecular complexity index is 632. The van der Waals surface area contributed by atoms with Gasteiger partial charge in [-0.1, -0.05) is 12.1 Å². The van der Waals surface area contributed by atoms with Gasteiger partial charge in [0.1, 0.15) is 5.75 Å². The summed E-state index contributed by atoms with van der Waals surface area (Å²) in [5.41, 5.74) is 1.82. The fourth-order valence-electron chi connectivity index (χ4n) is 1.83. The average Bonchev–Trinajstić information content (AvgIpc) is 2.49. The van der Waals surface area contributed by atoms with E-state index in [4.69, 9.17) is 9.84 Å². The van der Waals surface area contributed by atoms with Crippen LogP contribution >= 0.6 is 0 Å². The molecule has 0 atom stereocenters. The van der Waals surface area contributed by atoms with E-state index in [1.54, 1.807) is 55.6 Å². The molecule has 2 aromatic rings. The number of hydrogen-bond donors (Lipinski definition) is 2. The first kappa shape index (κ1) is 14.6. The number of amides is 1. The SMILES string of the molecule is COc1ccc(C(=O)Nc2ccc(CC(=O)O)cc2)cc1. The van der Waals surface area contributed by atoms with Crippen LogP contribution in [0.5, 0.6) is 5.75 Å². The van der Waals surface area contributed by atoms with E-state index in [1.165, 1.54) is 0 Å². The highest BCUT2D eigenvalue weighted by Gasteiger charge is 2.06. The zero-order chi connectivity index (χ0) is 15.2. The van der Waals surface area contributed by atoms with Gasteiger partial charge in [0, 0.05) is 11.3 Å². The highest BCUT2D eigenvalue weighted by Crippen LogP contribution is 2.14. The van der Waals surface area contributed by atoms with Crippen molar-refractivity contribution in [2.75, 3.05) is 12.4 Å². The number of carboxylic acids is 1. The van der Waals surface area contributed by atoms with Crippen LogP contribution in [0.25, 0.3) is 0 Å². The highest BCUT2D eigenvalue weighted by molar-refractivity contribution is 6.04. The Morgan fingerprint density at radius 3 is 2.19 bits per heavy atom. The van der Waals surface area contributed by atoms with Crippen molar-refractivity contribution >= 4 is 17.6 Å². The predicted molar refractivity (Wildman–Crippen MR) is 78.7 cm³/mol. The van der Waals surface area contributed by atoms with Crippen molar-refractivity contribution in [2.45, 2.75) is 6.42 Å². The summed E-state index contributed by atoms with van der Waals surface area (Å²) in [5.74, 6) is -0.432. The van der Waals surface area contributed by atoms with E-state index in [9.17, 15) is 9.59 Å². The molecule has 5 heteroatoms. The summed E-state index contributed by atoms with van der Waals surface area (Å²) < 4.78 is 5.03. The zero-order valence-electron chi connectivity index (χ0n) is 11.5. The number of anilines is 1. The minimum atomic E-state index is -0.884. The lowest BCUT2D eigenvalue weighted by Gasteiger charge is -2.07. The van der Waals surface area contributed by atoms with Gasteiger partial charge in [0.2, 0.25) is 0 Å². The number of ether oxygens (including phenoxy) is 1. The smallest absolute Gasteiger partial charge is 0.307 e. The Labute approximate surface area is 122 Å². The van der Waals surface area contributed by atoms with Crippen molar-refractivity contribution in [1.29, 1.82) is 0 Å². The molecule has 0 fully saturated rings. The van der Waals surface area contributed by atoms with Gasteiger partial charge in [0.15, 0.2) is 0 Å². The molecule has 0 radical (unpaired) electrons. The molecule has 0 aliphatic rings. The third kappa shape index (κ3) is 4.07. The zero-order valence-corrected chi connectivity index (χ0v) is 11.5. The topological polar surface area (TPSA) is 75.6 Å². The number of aliphatic carboxylic acids is 1. The average molecular weight is 285 g/mol. The molecule has 2 aromatic carbocycles. The first-order chi connectivity index (χ1) is 10.1. The van der Waals surface area contributed by atoms with Crippen LogP contribution in [-0.2, 0) is 11.2 Å². The first-order valence-corrected chi connectivity index (χ1v) is 6.34. The van der Waals surface area contributed by atoms with Crippen LogP contribution in [0.1, 0.15) is 15.9 Å². The molecular weight excluding hydrogens is 270 g/mol. The molecule has 0 saturated carbocycles. The highest BCUT2D eigenvalue weighted by atomic mass is 16.5. The maximum atomic E-state index is 12.0. The van der Waals surface area contributed by atoms with Crippen LogP contribution in [0.15, 0.2) is 48.5 Å². The standard InChI is InChI=1S/C16H15NO4/c1-21-14-8-4-12(5-9-14)16(20)17-13-6-2-11(3-7-13)10-15(18)19/h2-9H,10H2,1H3,(H,17,20)(H,18,19). The molecule has 0 unspecified atom stereocenters. The lowest BCUT2D eigenvalue weighted by atomic mass is 10.1. The van der Waals surface area contributed by atoms with E-state index in [2.05, 4.69) is 5.32 Å². The van der Waals surface area contributed by atoms with Gasteiger partial charge < -0.3 is 15.2 Å². The van der Waals surface area contributed by atoms with E-state index in [0.29, 0.717) is 22.6 Å². The number of nitrogens with one attached hydrogen (secondary N) is 1. The van der Waals surface area contributed by atoms with Crippen LogP contribution in [0.3, 0.4) is 0 Å². The minimum Gasteiger partial charge on any atom is -0.497 e. The van der Waals surface area contributed by atoms with Gasteiger partial charge >= 0.3 is 5.97 Å². The van der Waals surface area contributed by atoms with E-state index < -0.39 is 5.97 Å². The molecule has 1 amide bonds. The molecule has 108 valence electrons. The first-order valence-electron chi connectivity index (χ1n) is 6.34. The van der Waals surface area contributed by atoms with Crippen LogP contribution in [0.2, 0.25) is 0 Å². The van der Waals surface area contributed by atoms with Gasteiger partial charge in [-0.25, -0.2) is 0 Å². The Kier molecular flexibility index (Phi) is 4.56. The number of carbonyl (C=O) groups excluding carboxylic acids is 1. The second-order valence-corrected chi connectivity index (χ2v) is 4.45. The number of carbonyl (C=O) groups is 2. The monoisotopic (exact) mass is 285 g/mol. The summed E-state index contributed by atoms with van der Waals surface area (Å²) in [7, 11) is 1.56. The normalized spacial score (nSPS) is 9.95. The van der Waals surface area contributed by atoms with Crippen LogP contribution in [0.4, 0.5) is 5.69 Å². The molecule has 0 heterocycles. The quantitative estimate of drug-likeness (QED) is 0.885. The van der Waals surface area contributed by atoms with Gasteiger partial charge in [0.25, 0.3) is 5.91 Å². The van der Waals surface area contributed by atoms with E-state index in [-0.39, 0.29) is 12.3 Å². The Morgan fingerprint density at radius 2 is 1.67 bits per heavy atom. The van der Waals surface area contributed by atoms with Crippen molar-refractivity contribution < 1.29 is 19.4 Å². The van der Waals surface area contributed by atoms with Crippen LogP contribution in [-0.4, -0.2) is 24.1 Å². The summed E-state index contributed by atoms with van der Waals surface area (Å²) in [6, 6.07) is 13.5. The number of rotatable bonds is 5. The molecule has 0 aliphatic heterocycles. The third-order valence-electron chi connectivity index (χ3n) is 2.92. The Balaban J connectivity index is 2.03.